The molecular weight excluding hydrogens is 246 g/mol. The number of rotatable bonds is 6. The molecule has 6 nitrogen and oxygen atoms in total. The Bertz CT molecular complexity index is 434. The predicted octanol–water partition coefficient (Wildman–Crippen LogP) is 1.33. The van der Waals surface area contributed by atoms with Crippen molar-refractivity contribution in [1.82, 2.24) is 15.8 Å². The van der Waals surface area contributed by atoms with Crippen LogP contribution in [0.25, 0.3) is 0 Å². The summed E-state index contributed by atoms with van der Waals surface area (Å²) >= 11 is 0. The first-order chi connectivity index (χ1) is 8.95. The van der Waals surface area contributed by atoms with Gasteiger partial charge in [0.2, 0.25) is 5.91 Å². The normalized spacial score (nSPS) is 12.0. The van der Waals surface area contributed by atoms with Crippen molar-refractivity contribution in [2.45, 2.75) is 46.6 Å². The van der Waals surface area contributed by atoms with Crippen LogP contribution in [-0.4, -0.2) is 29.6 Å². The second-order valence-electron chi connectivity index (χ2n) is 4.58. The van der Waals surface area contributed by atoms with Crippen molar-refractivity contribution in [3.63, 3.8) is 0 Å². The zero-order valence-electron chi connectivity index (χ0n) is 11.9. The first kappa shape index (κ1) is 15.2. The highest BCUT2D eigenvalue weighted by Gasteiger charge is 2.17. The third kappa shape index (κ3) is 4.39. The lowest BCUT2D eigenvalue weighted by Gasteiger charge is -2.11. The summed E-state index contributed by atoms with van der Waals surface area (Å²) in [5.41, 5.74) is 1.00. The van der Waals surface area contributed by atoms with E-state index in [0.717, 1.165) is 6.42 Å². The maximum Gasteiger partial charge on any atom is 0.256 e. The summed E-state index contributed by atoms with van der Waals surface area (Å²) in [6.07, 6.45) is 1.15. The number of hydrogen-bond acceptors (Lipinski definition) is 4. The number of amides is 2. The molecule has 1 unspecified atom stereocenters. The fraction of sp³-hybridized carbons (Fsp3) is 0.615. The van der Waals surface area contributed by atoms with Crippen molar-refractivity contribution in [1.29, 1.82) is 0 Å². The van der Waals surface area contributed by atoms with E-state index < -0.39 is 0 Å². The Morgan fingerprint density at radius 3 is 2.58 bits per heavy atom. The van der Waals surface area contributed by atoms with Gasteiger partial charge in [0.05, 0.1) is 5.69 Å². The minimum atomic E-state index is -0.257. The van der Waals surface area contributed by atoms with Gasteiger partial charge in [0.1, 0.15) is 11.3 Å². The van der Waals surface area contributed by atoms with Crippen LogP contribution in [-0.2, 0) is 4.79 Å². The summed E-state index contributed by atoms with van der Waals surface area (Å²) in [6, 6.07) is 0.158. The van der Waals surface area contributed by atoms with E-state index >= 15 is 0 Å². The molecule has 2 N–H and O–H groups in total. The van der Waals surface area contributed by atoms with Crippen molar-refractivity contribution in [2.24, 2.45) is 0 Å². The number of aryl methyl sites for hydroxylation is 2. The zero-order chi connectivity index (χ0) is 14.4. The van der Waals surface area contributed by atoms with Crippen LogP contribution in [0.15, 0.2) is 4.52 Å². The van der Waals surface area contributed by atoms with Gasteiger partial charge in [0, 0.05) is 19.0 Å². The summed E-state index contributed by atoms with van der Waals surface area (Å²) in [6.45, 7) is 7.64. The molecule has 1 rings (SSSR count). The molecule has 1 heterocycles. The van der Waals surface area contributed by atoms with Gasteiger partial charge < -0.3 is 15.2 Å². The summed E-state index contributed by atoms with van der Waals surface area (Å²) in [7, 11) is 0. The molecule has 1 aromatic heterocycles. The van der Waals surface area contributed by atoms with Crippen LogP contribution in [0.3, 0.4) is 0 Å². The second-order valence-corrected chi connectivity index (χ2v) is 4.58. The van der Waals surface area contributed by atoms with Crippen LogP contribution >= 0.6 is 0 Å². The first-order valence-corrected chi connectivity index (χ1v) is 6.46. The Morgan fingerprint density at radius 1 is 1.37 bits per heavy atom. The van der Waals surface area contributed by atoms with Crippen molar-refractivity contribution >= 4 is 11.8 Å². The van der Waals surface area contributed by atoms with Gasteiger partial charge in [-0.15, -0.1) is 0 Å². The molecule has 106 valence electrons. The highest BCUT2D eigenvalue weighted by atomic mass is 16.5. The minimum absolute atomic E-state index is 0.0617. The fourth-order valence-corrected chi connectivity index (χ4v) is 1.63. The SMILES string of the molecule is CCC(C)NC(=O)CCNC(=O)c1c(C)noc1C. The average Bonchev–Trinajstić information content (AvgIpc) is 2.68. The molecule has 19 heavy (non-hydrogen) atoms. The number of aromatic nitrogens is 1. The van der Waals surface area contributed by atoms with Gasteiger partial charge in [-0.25, -0.2) is 0 Å². The Labute approximate surface area is 112 Å². The second kappa shape index (κ2) is 6.92. The zero-order valence-corrected chi connectivity index (χ0v) is 11.9. The Hall–Kier alpha value is -1.85. The van der Waals surface area contributed by atoms with Gasteiger partial charge in [0.15, 0.2) is 0 Å². The lowest BCUT2D eigenvalue weighted by Crippen LogP contribution is -2.35. The molecule has 0 aliphatic carbocycles. The largest absolute Gasteiger partial charge is 0.361 e. The summed E-state index contributed by atoms with van der Waals surface area (Å²) in [5, 5.41) is 9.24. The molecular formula is C13H21N3O3. The summed E-state index contributed by atoms with van der Waals surface area (Å²) in [5.74, 6) is 0.167. The maximum absolute atomic E-state index is 11.9. The number of carbonyl (C=O) groups is 2. The highest BCUT2D eigenvalue weighted by molar-refractivity contribution is 5.96. The standard InChI is InChI=1S/C13H21N3O3/c1-5-8(2)15-11(17)6-7-14-13(18)12-9(3)16-19-10(12)4/h8H,5-7H2,1-4H3,(H,14,18)(H,15,17). The van der Waals surface area contributed by atoms with E-state index in [4.69, 9.17) is 4.52 Å². The highest BCUT2D eigenvalue weighted by Crippen LogP contribution is 2.11. The van der Waals surface area contributed by atoms with Crippen LogP contribution in [0, 0.1) is 13.8 Å². The molecule has 0 saturated carbocycles. The van der Waals surface area contributed by atoms with Gasteiger partial charge in [0.25, 0.3) is 5.91 Å². The van der Waals surface area contributed by atoms with Gasteiger partial charge in [-0.2, -0.15) is 0 Å². The monoisotopic (exact) mass is 267 g/mol. The number of nitrogens with one attached hydrogen (secondary N) is 2. The van der Waals surface area contributed by atoms with E-state index in [0.29, 0.717) is 23.6 Å². The van der Waals surface area contributed by atoms with E-state index in [-0.39, 0.29) is 24.3 Å². The number of carbonyl (C=O) groups excluding carboxylic acids is 2. The molecule has 6 heteroatoms. The Kier molecular flexibility index (Phi) is 5.54. The number of hydrogen-bond donors (Lipinski definition) is 2. The molecule has 0 aromatic carbocycles. The van der Waals surface area contributed by atoms with Crippen molar-refractivity contribution < 1.29 is 14.1 Å². The molecule has 0 fully saturated rings. The molecule has 0 saturated heterocycles. The minimum Gasteiger partial charge on any atom is -0.361 e. The van der Waals surface area contributed by atoms with Crippen molar-refractivity contribution in [2.75, 3.05) is 6.54 Å². The molecule has 1 aromatic rings. The van der Waals surface area contributed by atoms with E-state index in [1.54, 1.807) is 13.8 Å². The van der Waals surface area contributed by atoms with Crippen molar-refractivity contribution in [3.05, 3.63) is 17.0 Å². The first-order valence-electron chi connectivity index (χ1n) is 6.46. The topological polar surface area (TPSA) is 84.2 Å². The predicted molar refractivity (Wildman–Crippen MR) is 70.8 cm³/mol. The maximum atomic E-state index is 11.9. The van der Waals surface area contributed by atoms with Gasteiger partial charge in [-0.1, -0.05) is 12.1 Å². The molecule has 0 spiro atoms. The van der Waals surface area contributed by atoms with E-state index in [1.165, 1.54) is 0 Å². The van der Waals surface area contributed by atoms with Gasteiger partial charge >= 0.3 is 0 Å². The summed E-state index contributed by atoms with van der Waals surface area (Å²) < 4.78 is 4.92. The fourth-order valence-electron chi connectivity index (χ4n) is 1.63. The van der Waals surface area contributed by atoms with Gasteiger partial charge in [-0.05, 0) is 27.2 Å². The molecule has 2 amide bonds. The van der Waals surface area contributed by atoms with E-state index in [1.807, 2.05) is 13.8 Å². The van der Waals surface area contributed by atoms with Crippen LogP contribution in [0.2, 0.25) is 0 Å². The lowest BCUT2D eigenvalue weighted by atomic mass is 10.2. The van der Waals surface area contributed by atoms with E-state index in [2.05, 4.69) is 15.8 Å². The average molecular weight is 267 g/mol. The third-order valence-electron chi connectivity index (χ3n) is 2.92. The molecule has 0 radical (unpaired) electrons. The number of nitrogens with zero attached hydrogens (tertiary/aromatic N) is 1. The van der Waals surface area contributed by atoms with Gasteiger partial charge in [-0.3, -0.25) is 9.59 Å². The molecule has 0 aliphatic heterocycles. The molecule has 0 aliphatic rings. The van der Waals surface area contributed by atoms with E-state index in [9.17, 15) is 9.59 Å². The van der Waals surface area contributed by atoms with Crippen LogP contribution in [0.1, 0.15) is 48.5 Å². The molecule has 1 atom stereocenters. The Balaban J connectivity index is 2.38. The quantitative estimate of drug-likeness (QED) is 0.814. The lowest BCUT2D eigenvalue weighted by molar-refractivity contribution is -0.121. The molecule has 0 bridgehead atoms. The van der Waals surface area contributed by atoms with Crippen molar-refractivity contribution in [3.8, 4) is 0 Å². The van der Waals surface area contributed by atoms with Crippen LogP contribution in [0.4, 0.5) is 0 Å². The third-order valence-corrected chi connectivity index (χ3v) is 2.92. The van der Waals surface area contributed by atoms with Crippen LogP contribution < -0.4 is 10.6 Å². The smallest absolute Gasteiger partial charge is 0.256 e. The van der Waals surface area contributed by atoms with Crippen LogP contribution in [0.5, 0.6) is 0 Å². The Morgan fingerprint density at radius 2 is 2.05 bits per heavy atom. The summed E-state index contributed by atoms with van der Waals surface area (Å²) in [4.78, 5) is 23.4.